The van der Waals surface area contributed by atoms with Crippen LogP contribution in [-0.4, -0.2) is 83.7 Å². The van der Waals surface area contributed by atoms with Crippen LogP contribution in [0.2, 0.25) is 0 Å². The second kappa shape index (κ2) is 13.1. The molecule has 2 aliphatic rings. The van der Waals surface area contributed by atoms with Crippen molar-refractivity contribution in [2.75, 3.05) is 26.7 Å². The summed E-state index contributed by atoms with van der Waals surface area (Å²) in [7, 11) is 1.53. The Labute approximate surface area is 234 Å². The van der Waals surface area contributed by atoms with Crippen LogP contribution < -0.4 is 27.4 Å². The van der Waals surface area contributed by atoms with E-state index in [0.717, 1.165) is 30.5 Å². The number of likely N-dealkylation sites (N-methyl/N-ethyl adjacent to an activating group) is 1. The lowest BCUT2D eigenvalue weighted by atomic mass is 9.95. The molecule has 4 rings (SSSR count). The third-order valence-electron chi connectivity index (χ3n) is 7.80. The van der Waals surface area contributed by atoms with Crippen molar-refractivity contribution >= 4 is 17.7 Å². The molecule has 2 aromatic carbocycles. The summed E-state index contributed by atoms with van der Waals surface area (Å²) in [5.74, 6) is -1.36. The molecule has 1 unspecified atom stereocenters. The van der Waals surface area contributed by atoms with Gasteiger partial charge in [-0.05, 0) is 85.3 Å². The molecule has 11 nitrogen and oxygen atoms in total. The van der Waals surface area contributed by atoms with Gasteiger partial charge in [-0.25, -0.2) is 0 Å². The highest BCUT2D eigenvalue weighted by molar-refractivity contribution is 5.93. The van der Waals surface area contributed by atoms with E-state index in [1.807, 2.05) is 0 Å². The molecule has 1 fully saturated rings. The summed E-state index contributed by atoms with van der Waals surface area (Å²) in [4.78, 5) is 41.8. The molecule has 0 aromatic heterocycles. The first-order valence-corrected chi connectivity index (χ1v) is 13.9. The molecule has 11 heteroatoms. The molecule has 2 aliphatic heterocycles. The molecule has 40 heavy (non-hydrogen) atoms. The Morgan fingerprint density at radius 1 is 1.07 bits per heavy atom. The van der Waals surface area contributed by atoms with Crippen LogP contribution in [0.1, 0.15) is 36.8 Å². The average molecular weight is 553 g/mol. The van der Waals surface area contributed by atoms with Crippen molar-refractivity contribution < 1.29 is 24.6 Å². The number of phenolic OH excluding ortho intramolecular Hbond substituents is 2. The lowest BCUT2D eigenvalue weighted by Crippen LogP contribution is -2.57. The minimum Gasteiger partial charge on any atom is -0.508 e. The van der Waals surface area contributed by atoms with E-state index in [1.165, 1.54) is 18.0 Å². The Kier molecular flexibility index (Phi) is 9.62. The van der Waals surface area contributed by atoms with Crippen LogP contribution in [-0.2, 0) is 27.2 Å². The molecule has 4 atom stereocenters. The average Bonchev–Trinajstić information content (AvgIpc) is 3.47. The predicted molar refractivity (Wildman–Crippen MR) is 151 cm³/mol. The number of fused-ring (bicyclic) bond motifs is 5. The van der Waals surface area contributed by atoms with Crippen LogP contribution in [0.15, 0.2) is 36.4 Å². The van der Waals surface area contributed by atoms with Crippen LogP contribution in [0.5, 0.6) is 11.5 Å². The van der Waals surface area contributed by atoms with Gasteiger partial charge in [0.1, 0.15) is 23.6 Å². The summed E-state index contributed by atoms with van der Waals surface area (Å²) < 4.78 is 0. The van der Waals surface area contributed by atoms with Crippen molar-refractivity contribution in [1.29, 1.82) is 0 Å². The normalized spacial score (nSPS) is 23.7. The predicted octanol–water partition coefficient (Wildman–Crippen LogP) is 0.110. The molecule has 0 saturated carbocycles. The lowest BCUT2D eigenvalue weighted by Gasteiger charge is -2.32. The van der Waals surface area contributed by atoms with Crippen molar-refractivity contribution in [3.05, 3.63) is 47.5 Å². The molecule has 0 spiro atoms. The van der Waals surface area contributed by atoms with Gasteiger partial charge in [-0.1, -0.05) is 12.1 Å². The van der Waals surface area contributed by atoms with E-state index in [1.54, 1.807) is 30.3 Å². The van der Waals surface area contributed by atoms with Gasteiger partial charge >= 0.3 is 0 Å². The standard InChI is InChI=1S/C29H40N6O5/c1-35-24(28(39)33-16-21-4-3-11-32-21)15-20-13-18(7-9-26(20)37)17-6-8-25(36)19(12-17)14-22(31)27(38)34-23(29(35)40)5-2-10-30/h6-9,12-13,21-24,32,36-37H,2-5,10-11,14-16,30-31H2,1H3,(H,33,39)(H,34,38)/t21?,22-,23+,24+/m0/s1. The maximum absolute atomic E-state index is 13.8. The molecular weight excluding hydrogens is 512 g/mol. The number of carbonyl (C=O) groups is 3. The van der Waals surface area contributed by atoms with Gasteiger partial charge in [-0.2, -0.15) is 0 Å². The number of amides is 3. The number of rotatable bonds is 6. The number of nitrogens with one attached hydrogen (secondary N) is 3. The zero-order valence-corrected chi connectivity index (χ0v) is 22.9. The van der Waals surface area contributed by atoms with Gasteiger partial charge < -0.3 is 42.5 Å². The Morgan fingerprint density at radius 2 is 1.73 bits per heavy atom. The summed E-state index contributed by atoms with van der Waals surface area (Å²) in [5, 5.41) is 30.3. The first-order valence-electron chi connectivity index (χ1n) is 13.9. The molecule has 1 saturated heterocycles. The number of phenols is 2. The number of hydrogen-bond acceptors (Lipinski definition) is 8. The third kappa shape index (κ3) is 6.90. The number of carbonyl (C=O) groups excluding carboxylic acids is 3. The zero-order valence-electron chi connectivity index (χ0n) is 22.9. The maximum atomic E-state index is 13.8. The van der Waals surface area contributed by atoms with Gasteiger partial charge in [0.2, 0.25) is 17.7 Å². The Balaban J connectivity index is 1.75. The second-order valence-corrected chi connectivity index (χ2v) is 10.7. The minimum absolute atomic E-state index is 0.000651. The van der Waals surface area contributed by atoms with E-state index in [0.29, 0.717) is 30.6 Å². The van der Waals surface area contributed by atoms with Gasteiger partial charge in [-0.15, -0.1) is 0 Å². The molecule has 3 amide bonds. The Morgan fingerprint density at radius 3 is 2.33 bits per heavy atom. The Hall–Kier alpha value is -3.67. The van der Waals surface area contributed by atoms with Crippen LogP contribution in [0.25, 0.3) is 11.1 Å². The molecule has 216 valence electrons. The largest absolute Gasteiger partial charge is 0.508 e. The quantitative estimate of drug-likeness (QED) is 0.263. The molecule has 0 aliphatic carbocycles. The highest BCUT2D eigenvalue weighted by Gasteiger charge is 2.34. The fourth-order valence-electron chi connectivity index (χ4n) is 5.33. The highest BCUT2D eigenvalue weighted by Crippen LogP contribution is 2.31. The first kappa shape index (κ1) is 29.3. The van der Waals surface area contributed by atoms with Gasteiger partial charge in [0, 0.05) is 32.5 Å². The minimum atomic E-state index is -1.03. The van der Waals surface area contributed by atoms with E-state index in [4.69, 9.17) is 11.5 Å². The van der Waals surface area contributed by atoms with E-state index in [2.05, 4.69) is 16.0 Å². The molecule has 2 aromatic rings. The van der Waals surface area contributed by atoms with Gasteiger partial charge in [-0.3, -0.25) is 14.4 Å². The fourth-order valence-corrected chi connectivity index (χ4v) is 5.33. The topological polar surface area (TPSA) is 183 Å². The molecule has 9 N–H and O–H groups in total. The maximum Gasteiger partial charge on any atom is 0.245 e. The van der Waals surface area contributed by atoms with Crippen molar-refractivity contribution in [2.24, 2.45) is 11.5 Å². The van der Waals surface area contributed by atoms with Crippen LogP contribution in [0.3, 0.4) is 0 Å². The van der Waals surface area contributed by atoms with E-state index >= 15 is 0 Å². The van der Waals surface area contributed by atoms with Gasteiger partial charge in [0.25, 0.3) is 0 Å². The fraction of sp³-hybridized carbons (Fsp3) is 0.483. The van der Waals surface area contributed by atoms with Gasteiger partial charge in [0.05, 0.1) is 6.04 Å². The van der Waals surface area contributed by atoms with Crippen molar-refractivity contribution in [1.82, 2.24) is 20.9 Å². The molecular formula is C29H40N6O5. The zero-order chi connectivity index (χ0) is 28.8. The summed E-state index contributed by atoms with van der Waals surface area (Å²) in [6, 6.07) is 7.30. The highest BCUT2D eigenvalue weighted by atomic mass is 16.3. The number of nitrogens with two attached hydrogens (primary N) is 2. The van der Waals surface area contributed by atoms with E-state index in [-0.39, 0.29) is 42.7 Å². The second-order valence-electron chi connectivity index (χ2n) is 10.7. The SMILES string of the molecule is CN1C(=O)[C@@H](CCCN)NC(=O)[C@@H](N)Cc2cc(ccc2O)-c2ccc(O)c(c2)C[C@@H]1C(=O)NCC1CCCN1. The van der Waals surface area contributed by atoms with Crippen molar-refractivity contribution in [2.45, 2.75) is 62.7 Å². The smallest absolute Gasteiger partial charge is 0.245 e. The third-order valence-corrected chi connectivity index (χ3v) is 7.80. The summed E-state index contributed by atoms with van der Waals surface area (Å²) in [6.07, 6.45) is 2.81. The number of aromatic hydroxyl groups is 2. The number of nitrogens with zero attached hydrogens (tertiary/aromatic N) is 1. The van der Waals surface area contributed by atoms with Crippen LogP contribution >= 0.6 is 0 Å². The summed E-state index contributed by atoms with van der Waals surface area (Å²) >= 11 is 0. The summed E-state index contributed by atoms with van der Waals surface area (Å²) in [6.45, 7) is 1.63. The summed E-state index contributed by atoms with van der Waals surface area (Å²) in [5.41, 5.74) is 14.4. The molecule has 0 radical (unpaired) electrons. The Bertz CT molecular complexity index is 1230. The van der Waals surface area contributed by atoms with Crippen molar-refractivity contribution in [3.63, 3.8) is 0 Å². The number of benzene rings is 2. The van der Waals surface area contributed by atoms with E-state index in [9.17, 15) is 24.6 Å². The lowest BCUT2D eigenvalue weighted by molar-refractivity contribution is -0.142. The molecule has 4 bridgehead atoms. The monoisotopic (exact) mass is 552 g/mol. The van der Waals surface area contributed by atoms with Crippen LogP contribution in [0, 0.1) is 0 Å². The number of hydrogen-bond donors (Lipinski definition) is 7. The first-order chi connectivity index (χ1) is 19.2. The van der Waals surface area contributed by atoms with Crippen LogP contribution in [0.4, 0.5) is 0 Å². The van der Waals surface area contributed by atoms with Gasteiger partial charge in [0.15, 0.2) is 0 Å². The van der Waals surface area contributed by atoms with E-state index < -0.39 is 29.9 Å². The molecule has 2 heterocycles. The van der Waals surface area contributed by atoms with Crippen molar-refractivity contribution in [3.8, 4) is 22.6 Å².